The predicted octanol–water partition coefficient (Wildman–Crippen LogP) is 4.12. The maximum absolute atomic E-state index is 13.0. The molecule has 2 aliphatic rings. The molecule has 1 unspecified atom stereocenters. The van der Waals surface area contributed by atoms with Crippen LogP contribution in [0.3, 0.4) is 0 Å². The summed E-state index contributed by atoms with van der Waals surface area (Å²) in [5.41, 5.74) is 3.35. The fourth-order valence-electron chi connectivity index (χ4n) is 4.63. The van der Waals surface area contributed by atoms with Crippen molar-refractivity contribution in [2.75, 3.05) is 23.3 Å². The number of fused-ring (bicyclic) bond motifs is 1. The highest BCUT2D eigenvalue weighted by atomic mass is 32.1. The summed E-state index contributed by atoms with van der Waals surface area (Å²) in [6, 6.07) is 18.4. The highest BCUT2D eigenvalue weighted by Gasteiger charge is 2.34. The number of carbonyl (C=O) groups is 3. The molecular formula is C26H25N3O3S. The van der Waals surface area contributed by atoms with Crippen LogP contribution in [0.4, 0.5) is 11.4 Å². The summed E-state index contributed by atoms with van der Waals surface area (Å²) in [7, 11) is 0. The van der Waals surface area contributed by atoms with Gasteiger partial charge in [0.2, 0.25) is 11.8 Å². The van der Waals surface area contributed by atoms with Crippen molar-refractivity contribution in [3.05, 3.63) is 82.0 Å². The van der Waals surface area contributed by atoms with Crippen molar-refractivity contribution in [1.82, 2.24) is 4.90 Å². The molecule has 0 aliphatic carbocycles. The van der Waals surface area contributed by atoms with E-state index >= 15 is 0 Å². The topological polar surface area (TPSA) is 69.7 Å². The number of nitrogens with one attached hydrogen (secondary N) is 1. The van der Waals surface area contributed by atoms with Crippen LogP contribution in [0.5, 0.6) is 0 Å². The Kier molecular flexibility index (Phi) is 5.96. The SMILES string of the molecule is O=C(Nc1ccc(C(=O)N2CCc3ccccc32)cc1)C1CCCN1C(=O)Cc1cccs1. The monoisotopic (exact) mass is 459 g/mol. The predicted molar refractivity (Wildman–Crippen MR) is 130 cm³/mol. The second-order valence-corrected chi connectivity index (χ2v) is 9.44. The zero-order valence-electron chi connectivity index (χ0n) is 18.2. The van der Waals surface area contributed by atoms with E-state index in [1.54, 1.807) is 45.4 Å². The van der Waals surface area contributed by atoms with Gasteiger partial charge in [-0.05, 0) is 66.6 Å². The third kappa shape index (κ3) is 4.41. The lowest BCUT2D eigenvalue weighted by Gasteiger charge is -2.24. The maximum atomic E-state index is 13.0. The van der Waals surface area contributed by atoms with Gasteiger partial charge in [0, 0.05) is 34.9 Å². The van der Waals surface area contributed by atoms with E-state index in [2.05, 4.69) is 11.4 Å². The Morgan fingerprint density at radius 2 is 1.79 bits per heavy atom. The first-order valence-corrected chi connectivity index (χ1v) is 12.1. The van der Waals surface area contributed by atoms with E-state index < -0.39 is 6.04 Å². The van der Waals surface area contributed by atoms with Crippen molar-refractivity contribution in [2.45, 2.75) is 31.7 Å². The first-order valence-electron chi connectivity index (χ1n) is 11.2. The highest BCUT2D eigenvalue weighted by Crippen LogP contribution is 2.29. The minimum absolute atomic E-state index is 0.0121. The van der Waals surface area contributed by atoms with Crippen LogP contribution in [-0.2, 0) is 22.4 Å². The van der Waals surface area contributed by atoms with Crippen molar-refractivity contribution in [3.63, 3.8) is 0 Å². The molecular weight excluding hydrogens is 434 g/mol. The molecule has 33 heavy (non-hydrogen) atoms. The quantitative estimate of drug-likeness (QED) is 0.624. The molecule has 0 bridgehead atoms. The molecule has 168 valence electrons. The number of hydrogen-bond donors (Lipinski definition) is 1. The van der Waals surface area contributed by atoms with Crippen molar-refractivity contribution in [2.24, 2.45) is 0 Å². The number of hydrogen-bond acceptors (Lipinski definition) is 4. The summed E-state index contributed by atoms with van der Waals surface area (Å²) in [6.07, 6.45) is 2.67. The van der Waals surface area contributed by atoms with E-state index in [0.717, 1.165) is 23.4 Å². The zero-order valence-corrected chi connectivity index (χ0v) is 19.0. The van der Waals surface area contributed by atoms with Crippen LogP contribution < -0.4 is 10.2 Å². The first kappa shape index (κ1) is 21.4. The van der Waals surface area contributed by atoms with Gasteiger partial charge in [0.15, 0.2) is 0 Å². The van der Waals surface area contributed by atoms with E-state index in [4.69, 9.17) is 0 Å². The molecule has 2 aliphatic heterocycles. The van der Waals surface area contributed by atoms with Crippen molar-refractivity contribution in [1.29, 1.82) is 0 Å². The third-order valence-corrected chi connectivity index (χ3v) is 7.19. The zero-order chi connectivity index (χ0) is 22.8. The van der Waals surface area contributed by atoms with Gasteiger partial charge in [-0.15, -0.1) is 11.3 Å². The largest absolute Gasteiger partial charge is 0.330 e. The fourth-order valence-corrected chi connectivity index (χ4v) is 5.32. The van der Waals surface area contributed by atoms with Crippen molar-refractivity contribution in [3.8, 4) is 0 Å². The number of carbonyl (C=O) groups excluding carboxylic acids is 3. The molecule has 0 radical (unpaired) electrons. The van der Waals surface area contributed by atoms with Crippen LogP contribution in [0.25, 0.3) is 0 Å². The minimum Gasteiger partial charge on any atom is -0.330 e. The average Bonchev–Trinajstić information content (AvgIpc) is 3.59. The van der Waals surface area contributed by atoms with Crippen LogP contribution >= 0.6 is 11.3 Å². The van der Waals surface area contributed by atoms with Gasteiger partial charge in [-0.3, -0.25) is 14.4 Å². The molecule has 1 atom stereocenters. The Morgan fingerprint density at radius 1 is 0.970 bits per heavy atom. The fraction of sp³-hybridized carbons (Fsp3) is 0.269. The minimum atomic E-state index is -0.458. The number of nitrogens with zero attached hydrogens (tertiary/aromatic N) is 2. The molecule has 2 aromatic carbocycles. The maximum Gasteiger partial charge on any atom is 0.258 e. The molecule has 1 aromatic heterocycles. The number of amides is 3. The normalized spacial score (nSPS) is 17.2. The Morgan fingerprint density at radius 3 is 2.58 bits per heavy atom. The van der Waals surface area contributed by atoms with Crippen molar-refractivity contribution >= 4 is 40.4 Å². The number of rotatable bonds is 5. The standard InChI is InChI=1S/C26H25N3O3S/c30-24(17-21-6-4-16-33-21)28-14-3-8-23(28)25(31)27-20-11-9-19(10-12-20)26(32)29-15-13-18-5-1-2-7-22(18)29/h1-2,4-7,9-12,16,23H,3,8,13-15,17H2,(H,27,31). The summed E-state index contributed by atoms with van der Waals surface area (Å²) < 4.78 is 0. The number of benzene rings is 2. The van der Waals surface area contributed by atoms with E-state index in [9.17, 15) is 14.4 Å². The lowest BCUT2D eigenvalue weighted by atomic mass is 10.1. The van der Waals surface area contributed by atoms with Gasteiger partial charge < -0.3 is 15.1 Å². The molecule has 5 rings (SSSR count). The smallest absolute Gasteiger partial charge is 0.258 e. The second kappa shape index (κ2) is 9.19. The van der Waals surface area contributed by atoms with E-state index in [0.29, 0.717) is 37.2 Å². The first-order chi connectivity index (χ1) is 16.1. The lowest BCUT2D eigenvalue weighted by molar-refractivity contribution is -0.136. The summed E-state index contributed by atoms with van der Waals surface area (Å²) in [6.45, 7) is 1.28. The van der Waals surface area contributed by atoms with Crippen LogP contribution in [0, 0.1) is 0 Å². The molecule has 0 spiro atoms. The number of para-hydroxylation sites is 1. The van der Waals surface area contributed by atoms with Crippen LogP contribution in [0.15, 0.2) is 66.0 Å². The van der Waals surface area contributed by atoms with Gasteiger partial charge in [0.25, 0.3) is 5.91 Å². The average molecular weight is 460 g/mol. The Hall–Kier alpha value is -3.45. The van der Waals surface area contributed by atoms with Crippen LogP contribution in [-0.4, -0.2) is 41.8 Å². The Bertz CT molecular complexity index is 1170. The number of thiophene rings is 1. The second-order valence-electron chi connectivity index (χ2n) is 8.40. The summed E-state index contributed by atoms with van der Waals surface area (Å²) in [5.74, 6) is -0.236. The van der Waals surface area contributed by atoms with E-state index in [1.807, 2.05) is 35.7 Å². The van der Waals surface area contributed by atoms with Crippen LogP contribution in [0.2, 0.25) is 0 Å². The Labute approximate surface area is 196 Å². The lowest BCUT2D eigenvalue weighted by Crippen LogP contribution is -2.43. The molecule has 3 amide bonds. The molecule has 0 saturated carbocycles. The van der Waals surface area contributed by atoms with Crippen LogP contribution in [0.1, 0.15) is 33.6 Å². The third-order valence-electron chi connectivity index (χ3n) is 6.31. The molecule has 7 heteroatoms. The molecule has 3 aromatic rings. The number of likely N-dealkylation sites (tertiary alicyclic amines) is 1. The molecule has 3 heterocycles. The highest BCUT2D eigenvalue weighted by molar-refractivity contribution is 7.10. The van der Waals surface area contributed by atoms with Gasteiger partial charge in [0.05, 0.1) is 6.42 Å². The van der Waals surface area contributed by atoms with Gasteiger partial charge >= 0.3 is 0 Å². The molecule has 1 N–H and O–H groups in total. The van der Waals surface area contributed by atoms with Gasteiger partial charge in [0.1, 0.15) is 6.04 Å². The summed E-state index contributed by atoms with van der Waals surface area (Å²) in [4.78, 5) is 43.1. The molecule has 6 nitrogen and oxygen atoms in total. The molecule has 1 fully saturated rings. The van der Waals surface area contributed by atoms with E-state index in [1.165, 1.54) is 5.56 Å². The Balaban J connectivity index is 1.22. The van der Waals surface area contributed by atoms with Gasteiger partial charge in [-0.2, -0.15) is 0 Å². The summed E-state index contributed by atoms with van der Waals surface area (Å²) >= 11 is 1.55. The van der Waals surface area contributed by atoms with E-state index in [-0.39, 0.29) is 17.7 Å². The molecule has 1 saturated heterocycles. The van der Waals surface area contributed by atoms with Gasteiger partial charge in [-0.25, -0.2) is 0 Å². The summed E-state index contributed by atoms with van der Waals surface area (Å²) in [5, 5.41) is 4.88. The van der Waals surface area contributed by atoms with Gasteiger partial charge in [-0.1, -0.05) is 24.3 Å². The van der Waals surface area contributed by atoms with Crippen molar-refractivity contribution < 1.29 is 14.4 Å². The number of anilines is 2.